The van der Waals surface area contributed by atoms with E-state index in [1.807, 2.05) is 6.07 Å². The number of hydrogen-bond acceptors (Lipinski definition) is 5. The van der Waals surface area contributed by atoms with Crippen molar-refractivity contribution in [1.29, 1.82) is 0 Å². The minimum atomic E-state index is -0.544. The van der Waals surface area contributed by atoms with E-state index in [-0.39, 0.29) is 12.4 Å². The Bertz CT molecular complexity index is 816. The quantitative estimate of drug-likeness (QED) is 0.696. The molecule has 3 rings (SSSR count). The highest BCUT2D eigenvalue weighted by molar-refractivity contribution is 6.31. The number of fused-ring (bicyclic) bond motifs is 1. The molecule has 0 radical (unpaired) electrons. The van der Waals surface area contributed by atoms with Crippen molar-refractivity contribution in [2.24, 2.45) is 0 Å². The fourth-order valence-corrected chi connectivity index (χ4v) is 2.14. The van der Waals surface area contributed by atoms with Crippen molar-refractivity contribution in [3.05, 3.63) is 47.6 Å². The molecule has 7 heteroatoms. The smallest absolute Gasteiger partial charge is 0.378 e. The van der Waals surface area contributed by atoms with Gasteiger partial charge in [0.2, 0.25) is 0 Å². The molecule has 1 aromatic carbocycles. The predicted molar refractivity (Wildman–Crippen MR) is 77.6 cm³/mol. The zero-order valence-corrected chi connectivity index (χ0v) is 11.9. The normalized spacial score (nSPS) is 10.8. The van der Waals surface area contributed by atoms with Gasteiger partial charge < -0.3 is 4.74 Å². The van der Waals surface area contributed by atoms with Crippen LogP contribution in [0.3, 0.4) is 0 Å². The second kappa shape index (κ2) is 5.49. The van der Waals surface area contributed by atoms with Gasteiger partial charge in [0.05, 0.1) is 17.8 Å². The number of benzene rings is 1. The fraction of sp³-hybridized carbons (Fsp3) is 0.143. The van der Waals surface area contributed by atoms with Gasteiger partial charge in [0.1, 0.15) is 6.33 Å². The summed E-state index contributed by atoms with van der Waals surface area (Å²) in [7, 11) is 0. The molecule has 2 heterocycles. The summed E-state index contributed by atoms with van der Waals surface area (Å²) in [5.74, 6) is -0.520. The molecule has 106 valence electrons. The Morgan fingerprint density at radius 3 is 3.00 bits per heavy atom. The lowest BCUT2D eigenvalue weighted by molar-refractivity contribution is 0.0512. The number of ether oxygens (including phenoxy) is 1. The lowest BCUT2D eigenvalue weighted by Crippen LogP contribution is -2.08. The average Bonchev–Trinajstić information content (AvgIpc) is 2.96. The lowest BCUT2D eigenvalue weighted by Gasteiger charge is -2.05. The molecule has 21 heavy (non-hydrogen) atoms. The number of esters is 1. The van der Waals surface area contributed by atoms with Crippen LogP contribution in [0.25, 0.3) is 16.6 Å². The molecule has 6 nitrogen and oxygen atoms in total. The zero-order chi connectivity index (χ0) is 14.8. The van der Waals surface area contributed by atoms with Gasteiger partial charge in [-0.05, 0) is 31.2 Å². The van der Waals surface area contributed by atoms with E-state index in [4.69, 9.17) is 16.3 Å². The number of hydrogen-bond donors (Lipinski definition) is 0. The minimum absolute atomic E-state index is 0.0239. The van der Waals surface area contributed by atoms with E-state index in [0.29, 0.717) is 5.02 Å². The first-order chi connectivity index (χ1) is 10.2. The van der Waals surface area contributed by atoms with Gasteiger partial charge >= 0.3 is 5.97 Å². The number of carbonyl (C=O) groups excluding carboxylic acids is 1. The van der Waals surface area contributed by atoms with Crippen molar-refractivity contribution in [3.63, 3.8) is 0 Å². The Morgan fingerprint density at radius 1 is 1.33 bits per heavy atom. The number of halogens is 1. The lowest BCUT2D eigenvalue weighted by atomic mass is 10.2. The summed E-state index contributed by atoms with van der Waals surface area (Å²) in [5.41, 5.74) is 1.51. The van der Waals surface area contributed by atoms with E-state index in [2.05, 4.69) is 15.1 Å². The van der Waals surface area contributed by atoms with Gasteiger partial charge in [0, 0.05) is 16.6 Å². The maximum atomic E-state index is 11.6. The molecule has 0 aliphatic rings. The highest BCUT2D eigenvalue weighted by Gasteiger charge is 2.14. The molecule has 0 unspecified atom stereocenters. The molecule has 2 aromatic heterocycles. The van der Waals surface area contributed by atoms with Crippen LogP contribution in [0.1, 0.15) is 17.5 Å². The first kappa shape index (κ1) is 13.5. The Kier molecular flexibility index (Phi) is 3.53. The van der Waals surface area contributed by atoms with Gasteiger partial charge in [0.15, 0.2) is 0 Å². The number of aromatic nitrogens is 4. The van der Waals surface area contributed by atoms with Crippen LogP contribution in [0, 0.1) is 0 Å². The molecule has 0 aliphatic carbocycles. The second-order valence-corrected chi connectivity index (χ2v) is 4.66. The molecule has 0 fully saturated rings. The zero-order valence-electron chi connectivity index (χ0n) is 11.2. The average molecular weight is 303 g/mol. The van der Waals surface area contributed by atoms with Crippen LogP contribution in [0.15, 0.2) is 36.8 Å². The summed E-state index contributed by atoms with van der Waals surface area (Å²) in [6.45, 7) is 2.01. The maximum absolute atomic E-state index is 11.6. The van der Waals surface area contributed by atoms with Gasteiger partial charge in [-0.1, -0.05) is 11.6 Å². The Balaban J connectivity index is 2.07. The van der Waals surface area contributed by atoms with Gasteiger partial charge in [-0.25, -0.2) is 14.5 Å². The monoisotopic (exact) mass is 302 g/mol. The van der Waals surface area contributed by atoms with Crippen molar-refractivity contribution in [2.45, 2.75) is 6.92 Å². The topological polar surface area (TPSA) is 69.9 Å². The molecule has 0 spiro atoms. The van der Waals surface area contributed by atoms with Crippen molar-refractivity contribution >= 4 is 28.5 Å². The highest BCUT2D eigenvalue weighted by atomic mass is 35.5. The number of nitrogens with zero attached hydrogens (tertiary/aromatic N) is 4. The van der Waals surface area contributed by atoms with Crippen molar-refractivity contribution < 1.29 is 9.53 Å². The third-order valence-electron chi connectivity index (χ3n) is 2.88. The third kappa shape index (κ3) is 2.57. The predicted octanol–water partition coefficient (Wildman–Crippen LogP) is 2.65. The molecule has 0 saturated carbocycles. The number of pyridine rings is 1. The molecule has 0 bridgehead atoms. The molecular weight excluding hydrogens is 292 g/mol. The van der Waals surface area contributed by atoms with Crippen molar-refractivity contribution in [1.82, 2.24) is 19.7 Å². The summed E-state index contributed by atoms with van der Waals surface area (Å²) in [5, 5.41) is 5.61. The molecule has 0 atom stereocenters. The summed E-state index contributed by atoms with van der Waals surface area (Å²) in [6, 6.07) is 7.19. The molecule has 0 N–H and O–H groups in total. The van der Waals surface area contributed by atoms with E-state index < -0.39 is 5.97 Å². The summed E-state index contributed by atoms with van der Waals surface area (Å²) in [6.07, 6.45) is 3.12. The van der Waals surface area contributed by atoms with Gasteiger partial charge in [-0.15, -0.1) is 5.10 Å². The van der Waals surface area contributed by atoms with Crippen LogP contribution in [0.4, 0.5) is 0 Å². The van der Waals surface area contributed by atoms with E-state index in [9.17, 15) is 4.79 Å². The maximum Gasteiger partial charge on any atom is 0.378 e. The van der Waals surface area contributed by atoms with Crippen LogP contribution < -0.4 is 0 Å². The first-order valence-electron chi connectivity index (χ1n) is 6.32. The van der Waals surface area contributed by atoms with E-state index in [1.165, 1.54) is 11.0 Å². The Hall–Kier alpha value is -2.47. The van der Waals surface area contributed by atoms with Crippen LogP contribution in [0.2, 0.25) is 5.02 Å². The minimum Gasteiger partial charge on any atom is -0.460 e. The second-order valence-electron chi connectivity index (χ2n) is 4.22. The van der Waals surface area contributed by atoms with Gasteiger partial charge in [-0.3, -0.25) is 4.98 Å². The summed E-state index contributed by atoms with van der Waals surface area (Å²) in [4.78, 5) is 19.8. The largest absolute Gasteiger partial charge is 0.460 e. The SMILES string of the molecule is CCOC(=O)c1ncn(-c2ccnc3cc(Cl)ccc23)n1. The first-order valence-corrected chi connectivity index (χ1v) is 6.70. The molecular formula is C14H11ClN4O2. The van der Waals surface area contributed by atoms with Crippen LogP contribution in [0.5, 0.6) is 0 Å². The number of rotatable bonds is 3. The molecule has 0 saturated heterocycles. The summed E-state index contributed by atoms with van der Waals surface area (Å²) < 4.78 is 6.39. The fourth-order valence-electron chi connectivity index (χ4n) is 1.97. The van der Waals surface area contributed by atoms with E-state index in [0.717, 1.165) is 16.6 Å². The van der Waals surface area contributed by atoms with Gasteiger partial charge in [0.25, 0.3) is 5.82 Å². The van der Waals surface area contributed by atoms with E-state index >= 15 is 0 Å². The molecule has 0 aliphatic heterocycles. The van der Waals surface area contributed by atoms with E-state index in [1.54, 1.807) is 31.3 Å². The van der Waals surface area contributed by atoms with Crippen LogP contribution in [-0.4, -0.2) is 32.3 Å². The highest BCUT2D eigenvalue weighted by Crippen LogP contribution is 2.22. The van der Waals surface area contributed by atoms with Gasteiger partial charge in [-0.2, -0.15) is 0 Å². The number of carbonyl (C=O) groups is 1. The standard InChI is InChI=1S/C14H11ClN4O2/c1-2-21-14(20)13-17-8-19(18-13)12-5-6-16-11-7-9(15)3-4-10(11)12/h3-8H,2H2,1H3. The van der Waals surface area contributed by atoms with Crippen LogP contribution >= 0.6 is 11.6 Å². The third-order valence-corrected chi connectivity index (χ3v) is 3.11. The molecule has 3 aromatic rings. The molecule has 0 amide bonds. The van der Waals surface area contributed by atoms with Crippen LogP contribution in [-0.2, 0) is 4.74 Å². The Labute approximate surface area is 125 Å². The van der Waals surface area contributed by atoms with Crippen molar-refractivity contribution in [3.8, 4) is 5.69 Å². The van der Waals surface area contributed by atoms with Crippen molar-refractivity contribution in [2.75, 3.05) is 6.61 Å². The Morgan fingerprint density at radius 2 is 2.19 bits per heavy atom. The summed E-state index contributed by atoms with van der Waals surface area (Å²) >= 11 is 5.96.